The van der Waals surface area contributed by atoms with Gasteiger partial charge in [-0.3, -0.25) is 0 Å². The number of rotatable bonds is 16. The van der Waals surface area contributed by atoms with Crippen molar-refractivity contribution in [2.75, 3.05) is 18.5 Å². The molecule has 0 heterocycles. The molecule has 0 amide bonds. The molecule has 0 aliphatic heterocycles. The van der Waals surface area contributed by atoms with E-state index < -0.39 is 40.2 Å². The molecule has 0 saturated carbocycles. The molecule has 1 aromatic carbocycles. The zero-order valence-electron chi connectivity index (χ0n) is 20.9. The van der Waals surface area contributed by atoms with Crippen LogP contribution >= 0.6 is 6.83 Å². The van der Waals surface area contributed by atoms with Crippen molar-refractivity contribution in [1.82, 2.24) is 0 Å². The third-order valence-electron chi connectivity index (χ3n) is 6.40. The summed E-state index contributed by atoms with van der Waals surface area (Å²) in [6, 6.07) is 7.93. The molecule has 0 radical (unpaired) electrons. The van der Waals surface area contributed by atoms with Crippen molar-refractivity contribution in [2.45, 2.75) is 88.7 Å². The predicted octanol–water partition coefficient (Wildman–Crippen LogP) is 8.83. The van der Waals surface area contributed by atoms with Gasteiger partial charge >= 0.3 is 212 Å². The summed E-state index contributed by atoms with van der Waals surface area (Å²) < 4.78 is 154. The van der Waals surface area contributed by atoms with Gasteiger partial charge in [0.05, 0.1) is 0 Å². The van der Waals surface area contributed by atoms with E-state index in [9.17, 15) is 47.9 Å². The third-order valence-corrected chi connectivity index (χ3v) is 15.3. The minimum atomic E-state index is -7.34. The monoisotopic (exact) mass is 592 g/mol. The van der Waals surface area contributed by atoms with Crippen LogP contribution in [0.25, 0.3) is 0 Å². The fourth-order valence-electron chi connectivity index (χ4n) is 4.27. The number of alkyl halides is 9. The Morgan fingerprint density at radius 3 is 1.46 bits per heavy atom. The first-order chi connectivity index (χ1) is 16.8. The van der Waals surface area contributed by atoms with Crippen molar-refractivity contribution in [3.63, 3.8) is 0 Å². The summed E-state index contributed by atoms with van der Waals surface area (Å²) in [6.45, 7) is 0.631. The molecule has 1 aromatic rings. The molecule has 0 aromatic heterocycles. The summed E-state index contributed by atoms with van der Waals surface area (Å²) in [6.07, 6.45) is -5.64. The normalized spacial score (nSPS) is 15.4. The predicted molar refractivity (Wildman–Crippen MR) is 127 cm³/mol. The van der Waals surface area contributed by atoms with Crippen molar-refractivity contribution >= 4 is 16.9 Å². The van der Waals surface area contributed by atoms with E-state index in [0.717, 1.165) is 0 Å². The summed E-state index contributed by atoms with van der Waals surface area (Å²) >= 11 is 0. The van der Waals surface area contributed by atoms with E-state index >= 15 is 0 Å². The fraction of sp³-hybridized carbons (Fsp3) is 0.739. The molecule has 0 aliphatic rings. The van der Waals surface area contributed by atoms with Crippen molar-refractivity contribution in [1.29, 1.82) is 0 Å². The Bertz CT molecular complexity index is 943. The van der Waals surface area contributed by atoms with Crippen LogP contribution in [0.15, 0.2) is 30.3 Å². The zero-order valence-corrected chi connectivity index (χ0v) is 22.7. The van der Waals surface area contributed by atoms with Gasteiger partial charge in [0.2, 0.25) is 0 Å². The van der Waals surface area contributed by atoms with E-state index in [4.69, 9.17) is 3.97 Å². The molecular weight excluding hydrogens is 558 g/mol. The molecule has 0 aliphatic carbocycles. The van der Waals surface area contributed by atoms with Crippen LogP contribution in [-0.2, 0) is 20.3 Å². The number of unbranched alkanes of at least 4 members (excludes halogenated alkanes) is 3. The third kappa shape index (κ3) is 6.93. The van der Waals surface area contributed by atoms with Crippen LogP contribution in [0.2, 0.25) is 0 Å². The maximum atomic E-state index is 14.8. The Morgan fingerprint density at radius 2 is 1.11 bits per heavy atom. The molecular formula is C23H34F9O3PS. The molecule has 0 fully saturated rings. The van der Waals surface area contributed by atoms with E-state index in [0.29, 0.717) is 24.8 Å². The molecule has 14 heteroatoms. The summed E-state index contributed by atoms with van der Waals surface area (Å²) in [5.41, 5.74) is 0.453. The molecule has 0 N–H and O–H groups in total. The summed E-state index contributed by atoms with van der Waals surface area (Å²) in [5, 5.41) is -6.87. The SMILES string of the molecule is CCCCP(CCCC)(CCCC)(Cc1ccccc1)OS(=O)(=O)C(F)(F)C(F)(F)C(F)(F)C(F)(F)F. The second-order valence-electron chi connectivity index (χ2n) is 9.43. The molecule has 1 rings (SSSR count). The van der Waals surface area contributed by atoms with Gasteiger partial charge in [0.15, 0.2) is 0 Å². The average molecular weight is 593 g/mol. The first-order valence-corrected chi connectivity index (χ1v) is 16.3. The van der Waals surface area contributed by atoms with Gasteiger partial charge in [-0.25, -0.2) is 0 Å². The molecule has 0 bridgehead atoms. The fourth-order valence-corrected chi connectivity index (χ4v) is 14.0. The summed E-state index contributed by atoms with van der Waals surface area (Å²) in [7, 11) is -6.99. The molecule has 0 unspecified atom stereocenters. The van der Waals surface area contributed by atoms with Gasteiger partial charge in [-0.2, -0.15) is 0 Å². The van der Waals surface area contributed by atoms with Crippen LogP contribution in [-0.4, -0.2) is 50.2 Å². The summed E-state index contributed by atoms with van der Waals surface area (Å²) in [4.78, 5) is 0. The maximum absolute atomic E-state index is 14.8. The van der Waals surface area contributed by atoms with Gasteiger partial charge in [0.25, 0.3) is 0 Å². The van der Waals surface area contributed by atoms with Gasteiger partial charge in [-0.1, -0.05) is 0 Å². The Kier molecular flexibility index (Phi) is 11.0. The molecule has 3 nitrogen and oxygen atoms in total. The number of hydrogen-bond acceptors (Lipinski definition) is 3. The van der Waals surface area contributed by atoms with E-state index in [1.165, 1.54) is 0 Å². The van der Waals surface area contributed by atoms with Crippen LogP contribution in [0.1, 0.15) is 64.9 Å². The minimum absolute atomic E-state index is 0.104. The first-order valence-electron chi connectivity index (χ1n) is 12.0. The topological polar surface area (TPSA) is 43.4 Å². The van der Waals surface area contributed by atoms with Crippen molar-refractivity contribution in [3.05, 3.63) is 35.9 Å². The molecule has 0 atom stereocenters. The average Bonchev–Trinajstić information content (AvgIpc) is 2.80. The van der Waals surface area contributed by atoms with Crippen LogP contribution in [0.3, 0.4) is 0 Å². The Labute approximate surface area is 212 Å². The Morgan fingerprint density at radius 1 is 0.703 bits per heavy atom. The zero-order chi connectivity index (χ0) is 28.8. The molecule has 37 heavy (non-hydrogen) atoms. The van der Waals surface area contributed by atoms with E-state index in [1.807, 2.05) is 0 Å². The van der Waals surface area contributed by atoms with Crippen LogP contribution < -0.4 is 0 Å². The van der Waals surface area contributed by atoms with E-state index in [2.05, 4.69) is 0 Å². The van der Waals surface area contributed by atoms with E-state index in [1.54, 1.807) is 51.1 Å². The standard InChI is InChI=1S/C23H34F9O3PS/c1-4-7-15-36(16-8-5-2,17-9-6-3,18-19-13-11-10-12-14-19)35-37(33,34)23(31,32)21(26,27)20(24,25)22(28,29)30/h10-14H,4-9,15-18H2,1-3H3. The number of hydrogen-bond donors (Lipinski definition) is 0. The van der Waals surface area contributed by atoms with E-state index in [-0.39, 0.29) is 43.9 Å². The van der Waals surface area contributed by atoms with Crippen molar-refractivity contribution in [2.24, 2.45) is 0 Å². The Balaban J connectivity index is 3.89. The van der Waals surface area contributed by atoms with Gasteiger partial charge < -0.3 is 0 Å². The van der Waals surface area contributed by atoms with Gasteiger partial charge in [0.1, 0.15) is 0 Å². The quantitative estimate of drug-likeness (QED) is 0.142. The molecule has 218 valence electrons. The number of benzene rings is 1. The van der Waals surface area contributed by atoms with Gasteiger partial charge in [0, 0.05) is 0 Å². The number of halogens is 9. The summed E-state index contributed by atoms with van der Waals surface area (Å²) in [5.74, 6) is -14.7. The second-order valence-corrected chi connectivity index (χ2v) is 16.8. The van der Waals surface area contributed by atoms with Gasteiger partial charge in [-0.15, -0.1) is 0 Å². The van der Waals surface area contributed by atoms with Crippen LogP contribution in [0.5, 0.6) is 0 Å². The molecule has 0 spiro atoms. The second kappa shape index (κ2) is 12.0. The van der Waals surface area contributed by atoms with Crippen LogP contribution in [0.4, 0.5) is 39.5 Å². The Hall–Kier alpha value is -1.07. The van der Waals surface area contributed by atoms with Crippen molar-refractivity contribution < 1.29 is 51.9 Å². The van der Waals surface area contributed by atoms with Gasteiger partial charge in [-0.05, 0) is 0 Å². The van der Waals surface area contributed by atoms with Crippen LogP contribution in [0, 0.1) is 0 Å². The van der Waals surface area contributed by atoms with Crippen molar-refractivity contribution in [3.8, 4) is 0 Å². The molecule has 0 saturated heterocycles. The first kappa shape index (κ1) is 34.0.